The van der Waals surface area contributed by atoms with E-state index in [2.05, 4.69) is 11.8 Å². The molecular weight excluding hydrogens is 248 g/mol. The van der Waals surface area contributed by atoms with Gasteiger partial charge in [-0.05, 0) is 19.3 Å². The molecule has 0 aromatic heterocycles. The summed E-state index contributed by atoms with van der Waals surface area (Å²) in [5.74, 6) is 0. The second-order valence-corrected chi connectivity index (χ2v) is 6.03. The Bertz CT molecular complexity index is 237. The number of amidine groups is 1. The van der Waals surface area contributed by atoms with E-state index in [1.807, 2.05) is 0 Å². The van der Waals surface area contributed by atoms with Crippen molar-refractivity contribution in [2.24, 2.45) is 0 Å². The van der Waals surface area contributed by atoms with E-state index in [4.69, 9.17) is 10.1 Å². The molecule has 0 saturated carbocycles. The highest BCUT2D eigenvalue weighted by atomic mass is 16.5. The van der Waals surface area contributed by atoms with Gasteiger partial charge in [0.15, 0.2) is 0 Å². The zero-order valence-corrected chi connectivity index (χ0v) is 13.5. The molecule has 0 aliphatic carbocycles. The van der Waals surface area contributed by atoms with Crippen LogP contribution in [0.1, 0.15) is 84.0 Å². The van der Waals surface area contributed by atoms with Gasteiger partial charge in [-0.1, -0.05) is 64.7 Å². The summed E-state index contributed by atoms with van der Waals surface area (Å²) in [4.78, 5) is 2.05. The summed E-state index contributed by atoms with van der Waals surface area (Å²) < 4.78 is 5.51. The Balaban J connectivity index is 1.77. The van der Waals surface area contributed by atoms with Crippen LogP contribution in [-0.2, 0) is 4.74 Å². The lowest BCUT2D eigenvalue weighted by Crippen LogP contribution is -2.29. The average Bonchev–Trinajstić information content (AvgIpc) is 2.99. The second kappa shape index (κ2) is 12.0. The fourth-order valence-electron chi connectivity index (χ4n) is 2.77. The van der Waals surface area contributed by atoms with Crippen molar-refractivity contribution in [3.63, 3.8) is 0 Å². The lowest BCUT2D eigenvalue weighted by atomic mass is 10.1. The van der Waals surface area contributed by atoms with Crippen molar-refractivity contribution in [1.29, 1.82) is 5.41 Å². The molecule has 0 aromatic carbocycles. The minimum absolute atomic E-state index is 0.401. The number of nitrogens with zero attached hydrogens (tertiary/aromatic N) is 1. The molecular formula is C17H34N2O. The van der Waals surface area contributed by atoms with Gasteiger partial charge in [0, 0.05) is 13.1 Å². The minimum Gasteiger partial charge on any atom is -0.465 e. The van der Waals surface area contributed by atoms with Crippen molar-refractivity contribution in [2.75, 3.05) is 19.7 Å². The van der Waals surface area contributed by atoms with Crippen molar-refractivity contribution in [1.82, 2.24) is 4.90 Å². The molecule has 1 heterocycles. The standard InChI is InChI=1S/C17H34N2O/c1-2-3-4-5-6-7-8-9-10-13-16-20-17(18)19-14-11-12-15-19/h18H,2-16H2,1H3. The molecule has 0 bridgehead atoms. The summed E-state index contributed by atoms with van der Waals surface area (Å²) in [6, 6.07) is 0.401. The van der Waals surface area contributed by atoms with Gasteiger partial charge in [-0.15, -0.1) is 0 Å². The van der Waals surface area contributed by atoms with Crippen molar-refractivity contribution in [3.8, 4) is 0 Å². The molecule has 1 aliphatic heterocycles. The maximum absolute atomic E-state index is 7.82. The summed E-state index contributed by atoms with van der Waals surface area (Å²) in [6.07, 6.45) is 15.9. The maximum Gasteiger partial charge on any atom is 0.284 e. The number of hydrogen-bond acceptors (Lipinski definition) is 2. The number of nitrogens with one attached hydrogen (secondary N) is 1. The van der Waals surface area contributed by atoms with E-state index < -0.39 is 0 Å². The molecule has 3 nitrogen and oxygen atoms in total. The van der Waals surface area contributed by atoms with Gasteiger partial charge in [0.2, 0.25) is 0 Å². The molecule has 0 unspecified atom stereocenters. The van der Waals surface area contributed by atoms with E-state index >= 15 is 0 Å². The highest BCUT2D eigenvalue weighted by molar-refractivity contribution is 5.70. The molecule has 0 atom stereocenters. The van der Waals surface area contributed by atoms with Crippen LogP contribution in [0.3, 0.4) is 0 Å². The Morgan fingerprint density at radius 3 is 1.90 bits per heavy atom. The van der Waals surface area contributed by atoms with Crippen LogP contribution in [0.25, 0.3) is 0 Å². The van der Waals surface area contributed by atoms with Gasteiger partial charge in [-0.3, -0.25) is 5.41 Å². The van der Waals surface area contributed by atoms with Gasteiger partial charge in [0.1, 0.15) is 0 Å². The summed E-state index contributed by atoms with van der Waals surface area (Å²) in [5.41, 5.74) is 0. The number of unbranched alkanes of at least 4 members (excludes halogenated alkanes) is 9. The van der Waals surface area contributed by atoms with Crippen molar-refractivity contribution < 1.29 is 4.74 Å². The third kappa shape index (κ3) is 8.44. The Hall–Kier alpha value is -0.730. The summed E-state index contributed by atoms with van der Waals surface area (Å²) in [5, 5.41) is 7.82. The van der Waals surface area contributed by atoms with Gasteiger partial charge in [0.05, 0.1) is 6.61 Å². The SMILES string of the molecule is CCCCCCCCCCCCOC(=N)N1CCCC1. The predicted molar refractivity (Wildman–Crippen MR) is 86.3 cm³/mol. The molecule has 3 heteroatoms. The van der Waals surface area contributed by atoms with Crippen LogP contribution < -0.4 is 0 Å². The minimum atomic E-state index is 0.401. The lowest BCUT2D eigenvalue weighted by molar-refractivity contribution is 0.234. The second-order valence-electron chi connectivity index (χ2n) is 6.03. The van der Waals surface area contributed by atoms with E-state index in [1.165, 1.54) is 70.6 Å². The van der Waals surface area contributed by atoms with Crippen LogP contribution in [0.5, 0.6) is 0 Å². The molecule has 0 radical (unpaired) electrons. The molecule has 0 spiro atoms. The van der Waals surface area contributed by atoms with Crippen LogP contribution >= 0.6 is 0 Å². The molecule has 1 aliphatic rings. The maximum atomic E-state index is 7.82. The van der Waals surface area contributed by atoms with Crippen LogP contribution in [0, 0.1) is 5.41 Å². The monoisotopic (exact) mass is 282 g/mol. The fraction of sp³-hybridized carbons (Fsp3) is 0.941. The fourth-order valence-corrected chi connectivity index (χ4v) is 2.77. The van der Waals surface area contributed by atoms with Crippen LogP contribution in [0.4, 0.5) is 0 Å². The highest BCUT2D eigenvalue weighted by Gasteiger charge is 2.15. The number of rotatable bonds is 11. The number of likely N-dealkylation sites (tertiary alicyclic amines) is 1. The summed E-state index contributed by atoms with van der Waals surface area (Å²) in [7, 11) is 0. The average molecular weight is 282 g/mol. The summed E-state index contributed by atoms with van der Waals surface area (Å²) >= 11 is 0. The van der Waals surface area contributed by atoms with Gasteiger partial charge in [-0.25, -0.2) is 0 Å². The first-order valence-corrected chi connectivity index (χ1v) is 8.81. The van der Waals surface area contributed by atoms with E-state index in [0.29, 0.717) is 6.02 Å². The van der Waals surface area contributed by atoms with Crippen molar-refractivity contribution in [3.05, 3.63) is 0 Å². The quantitative estimate of drug-likeness (QED) is 0.330. The third-order valence-corrected chi connectivity index (χ3v) is 4.13. The van der Waals surface area contributed by atoms with Gasteiger partial charge >= 0.3 is 0 Å². The van der Waals surface area contributed by atoms with Crippen LogP contribution in [0.15, 0.2) is 0 Å². The largest absolute Gasteiger partial charge is 0.465 e. The van der Waals surface area contributed by atoms with Crippen LogP contribution in [-0.4, -0.2) is 30.6 Å². The first-order valence-electron chi connectivity index (χ1n) is 8.81. The zero-order valence-electron chi connectivity index (χ0n) is 13.5. The van der Waals surface area contributed by atoms with E-state index in [-0.39, 0.29) is 0 Å². The Labute approximate surface area is 125 Å². The Morgan fingerprint density at radius 2 is 1.35 bits per heavy atom. The van der Waals surface area contributed by atoms with E-state index in [1.54, 1.807) is 0 Å². The van der Waals surface area contributed by atoms with E-state index in [0.717, 1.165) is 26.1 Å². The number of hydrogen-bond donors (Lipinski definition) is 1. The normalized spacial score (nSPS) is 14.8. The number of ether oxygens (including phenoxy) is 1. The Morgan fingerprint density at radius 1 is 0.850 bits per heavy atom. The van der Waals surface area contributed by atoms with Crippen LogP contribution in [0.2, 0.25) is 0 Å². The van der Waals surface area contributed by atoms with Crippen molar-refractivity contribution >= 4 is 6.02 Å². The van der Waals surface area contributed by atoms with Crippen molar-refractivity contribution in [2.45, 2.75) is 84.0 Å². The Kier molecular flexibility index (Phi) is 10.4. The lowest BCUT2D eigenvalue weighted by Gasteiger charge is -2.18. The molecule has 20 heavy (non-hydrogen) atoms. The van der Waals surface area contributed by atoms with E-state index in [9.17, 15) is 0 Å². The zero-order chi connectivity index (χ0) is 14.5. The molecule has 118 valence electrons. The third-order valence-electron chi connectivity index (χ3n) is 4.13. The topological polar surface area (TPSA) is 36.3 Å². The molecule has 1 fully saturated rings. The smallest absolute Gasteiger partial charge is 0.284 e. The molecule has 0 aromatic rings. The summed E-state index contributed by atoms with van der Waals surface area (Å²) in [6.45, 7) is 5.02. The molecule has 0 amide bonds. The first kappa shape index (κ1) is 17.3. The molecule has 1 rings (SSSR count). The van der Waals surface area contributed by atoms with Gasteiger partial charge in [-0.2, -0.15) is 0 Å². The van der Waals surface area contributed by atoms with Gasteiger partial charge in [0.25, 0.3) is 6.02 Å². The predicted octanol–water partition coefficient (Wildman–Crippen LogP) is 4.95. The first-order chi connectivity index (χ1) is 9.84. The van der Waals surface area contributed by atoms with Gasteiger partial charge < -0.3 is 9.64 Å². The highest BCUT2D eigenvalue weighted by Crippen LogP contribution is 2.11. The molecule has 1 saturated heterocycles. The molecule has 1 N–H and O–H groups in total.